The smallest absolute Gasteiger partial charge is 0.256 e. The van der Waals surface area contributed by atoms with Crippen LogP contribution in [0.25, 0.3) is 0 Å². The fraction of sp³-hybridized carbons (Fsp3) is 0.0909. The summed E-state index contributed by atoms with van der Waals surface area (Å²) in [5.74, 6) is -1.08. The minimum Gasteiger partial charge on any atom is -0.324 e. The summed E-state index contributed by atoms with van der Waals surface area (Å²) in [5.41, 5.74) is 2.30. The lowest BCUT2D eigenvalue weighted by molar-refractivity contribution is -0.117. The van der Waals surface area contributed by atoms with E-state index in [0.717, 1.165) is 10.0 Å². The third-order valence-corrected chi connectivity index (χ3v) is 5.58. The highest BCUT2D eigenvalue weighted by atomic mass is 79.9. The number of fused-ring (bicyclic) bond motifs is 1. The van der Waals surface area contributed by atoms with Crippen LogP contribution in [0, 0.1) is 5.82 Å². The van der Waals surface area contributed by atoms with Gasteiger partial charge in [0.2, 0.25) is 5.91 Å². The van der Waals surface area contributed by atoms with E-state index in [2.05, 4.69) is 21.2 Å². The van der Waals surface area contributed by atoms with Gasteiger partial charge in [-0.05, 0) is 48.0 Å². The first-order chi connectivity index (χ1) is 13.9. The van der Waals surface area contributed by atoms with Gasteiger partial charge in [0.05, 0.1) is 16.6 Å². The van der Waals surface area contributed by atoms with Crippen molar-refractivity contribution in [3.63, 3.8) is 0 Å². The highest BCUT2D eigenvalue weighted by molar-refractivity contribution is 9.10. The van der Waals surface area contributed by atoms with Crippen molar-refractivity contribution in [3.05, 3.63) is 98.7 Å². The molecule has 0 spiro atoms. The Morgan fingerprint density at radius 1 is 1.10 bits per heavy atom. The Kier molecular flexibility index (Phi) is 5.39. The molecule has 1 aliphatic heterocycles. The van der Waals surface area contributed by atoms with Gasteiger partial charge in [0.25, 0.3) is 5.91 Å². The molecule has 0 bridgehead atoms. The summed E-state index contributed by atoms with van der Waals surface area (Å²) >= 11 is 9.71. The molecule has 2 amide bonds. The number of amides is 2. The molecule has 4 nitrogen and oxygen atoms in total. The minimum absolute atomic E-state index is 0.168. The Hall–Kier alpha value is -2.70. The highest BCUT2D eigenvalue weighted by Gasteiger charge is 2.34. The van der Waals surface area contributed by atoms with Gasteiger partial charge in [-0.25, -0.2) is 4.39 Å². The normalized spacial score (nSPS) is 16.0. The average Bonchev–Trinajstić information content (AvgIpc) is 2.84. The van der Waals surface area contributed by atoms with Gasteiger partial charge < -0.3 is 10.2 Å². The van der Waals surface area contributed by atoms with Crippen molar-refractivity contribution in [2.45, 2.75) is 6.04 Å². The Labute approximate surface area is 180 Å². The zero-order valence-electron chi connectivity index (χ0n) is 15.0. The molecular weight excluding hydrogens is 459 g/mol. The van der Waals surface area contributed by atoms with Crippen LogP contribution < -0.4 is 5.32 Å². The molecule has 0 saturated carbocycles. The summed E-state index contributed by atoms with van der Waals surface area (Å²) in [6, 6.07) is 17.4. The van der Waals surface area contributed by atoms with Crippen molar-refractivity contribution in [3.8, 4) is 0 Å². The lowest BCUT2D eigenvalue weighted by Crippen LogP contribution is -2.39. The minimum atomic E-state index is -0.606. The second-order valence-electron chi connectivity index (χ2n) is 6.65. The Morgan fingerprint density at radius 3 is 2.55 bits per heavy atom. The summed E-state index contributed by atoms with van der Waals surface area (Å²) in [5, 5.41) is 3.15. The number of nitrogens with one attached hydrogen (secondary N) is 1. The molecule has 1 atom stereocenters. The van der Waals surface area contributed by atoms with Crippen molar-refractivity contribution in [2.75, 3.05) is 11.9 Å². The lowest BCUT2D eigenvalue weighted by atomic mass is 9.95. The van der Waals surface area contributed by atoms with Crippen LogP contribution in [0.1, 0.15) is 27.5 Å². The van der Waals surface area contributed by atoms with Crippen molar-refractivity contribution in [2.24, 2.45) is 0 Å². The predicted octanol–water partition coefficient (Wildman–Crippen LogP) is 5.43. The third kappa shape index (κ3) is 3.91. The average molecular weight is 474 g/mol. The Balaban J connectivity index is 1.91. The molecule has 0 aliphatic carbocycles. The van der Waals surface area contributed by atoms with Crippen LogP contribution in [0.15, 0.2) is 71.2 Å². The summed E-state index contributed by atoms with van der Waals surface area (Å²) in [7, 11) is 0. The van der Waals surface area contributed by atoms with Gasteiger partial charge in [0, 0.05) is 15.7 Å². The standard InChI is InChI=1S/C22H15BrClFN2O2/c23-14-7-10-19-17(11-14)21(13-5-8-15(25)9-6-13)27(12-20(28)26-19)22(29)16-3-1-2-4-18(16)24/h1-11,21H,12H2,(H,26,28)/t21-/m1/s1. The first-order valence-electron chi connectivity index (χ1n) is 8.84. The molecule has 7 heteroatoms. The van der Waals surface area contributed by atoms with Crippen molar-refractivity contribution in [1.29, 1.82) is 0 Å². The number of hydrogen-bond donors (Lipinski definition) is 1. The van der Waals surface area contributed by atoms with Crippen LogP contribution >= 0.6 is 27.5 Å². The molecule has 3 aromatic carbocycles. The van der Waals surface area contributed by atoms with Gasteiger partial charge in [-0.1, -0.05) is 51.8 Å². The highest BCUT2D eigenvalue weighted by Crippen LogP contribution is 2.38. The molecule has 1 heterocycles. The molecule has 0 unspecified atom stereocenters. The van der Waals surface area contributed by atoms with E-state index in [4.69, 9.17) is 11.6 Å². The molecule has 1 aliphatic rings. The van der Waals surface area contributed by atoms with Crippen LogP contribution in [0.4, 0.5) is 10.1 Å². The van der Waals surface area contributed by atoms with E-state index < -0.39 is 6.04 Å². The summed E-state index contributed by atoms with van der Waals surface area (Å²) in [4.78, 5) is 27.5. The zero-order chi connectivity index (χ0) is 20.5. The second-order valence-corrected chi connectivity index (χ2v) is 7.97. The van der Waals surface area contributed by atoms with Gasteiger partial charge >= 0.3 is 0 Å². The van der Waals surface area contributed by atoms with Crippen molar-refractivity contribution >= 4 is 45.0 Å². The van der Waals surface area contributed by atoms with Gasteiger partial charge in [-0.15, -0.1) is 0 Å². The first-order valence-corrected chi connectivity index (χ1v) is 10.0. The maximum atomic E-state index is 13.6. The lowest BCUT2D eigenvalue weighted by Gasteiger charge is -2.31. The summed E-state index contributed by atoms with van der Waals surface area (Å²) in [6.45, 7) is -0.168. The quantitative estimate of drug-likeness (QED) is 0.540. The van der Waals surface area contributed by atoms with E-state index in [1.165, 1.54) is 17.0 Å². The molecule has 1 N–H and O–H groups in total. The number of anilines is 1. The molecule has 0 fully saturated rings. The van der Waals surface area contributed by atoms with E-state index in [1.807, 2.05) is 12.1 Å². The largest absolute Gasteiger partial charge is 0.324 e. The summed E-state index contributed by atoms with van der Waals surface area (Å²) < 4.78 is 14.4. The number of hydrogen-bond acceptors (Lipinski definition) is 2. The third-order valence-electron chi connectivity index (χ3n) is 4.76. The fourth-order valence-electron chi connectivity index (χ4n) is 3.46. The van der Waals surface area contributed by atoms with Crippen LogP contribution in [0.3, 0.4) is 0 Å². The molecule has 146 valence electrons. The van der Waals surface area contributed by atoms with Crippen molar-refractivity contribution < 1.29 is 14.0 Å². The predicted molar refractivity (Wildman–Crippen MR) is 114 cm³/mol. The molecule has 29 heavy (non-hydrogen) atoms. The molecule has 0 aromatic heterocycles. The van der Waals surface area contributed by atoms with Gasteiger partial charge in [0.1, 0.15) is 12.4 Å². The fourth-order valence-corrected chi connectivity index (χ4v) is 4.06. The van der Waals surface area contributed by atoms with E-state index in [0.29, 0.717) is 21.8 Å². The van der Waals surface area contributed by atoms with Crippen molar-refractivity contribution in [1.82, 2.24) is 4.90 Å². The Morgan fingerprint density at radius 2 is 1.83 bits per heavy atom. The van der Waals surface area contributed by atoms with Gasteiger partial charge in [-0.2, -0.15) is 0 Å². The molecule has 4 rings (SSSR count). The van der Waals surface area contributed by atoms with Crippen LogP contribution in [-0.4, -0.2) is 23.3 Å². The van der Waals surface area contributed by atoms with E-state index in [-0.39, 0.29) is 24.2 Å². The molecule has 0 saturated heterocycles. The van der Waals surface area contributed by atoms with Crippen LogP contribution in [-0.2, 0) is 4.79 Å². The molecule has 3 aromatic rings. The number of carbonyl (C=O) groups excluding carboxylic acids is 2. The van der Waals surface area contributed by atoms with Gasteiger partial charge in [-0.3, -0.25) is 9.59 Å². The SMILES string of the molecule is O=C1CN(C(=O)c2ccccc2Cl)[C@H](c2ccc(F)cc2)c2cc(Br)ccc2N1. The number of rotatable bonds is 2. The summed E-state index contributed by atoms with van der Waals surface area (Å²) in [6.07, 6.45) is 0. The number of halogens is 3. The molecule has 0 radical (unpaired) electrons. The van der Waals surface area contributed by atoms with E-state index in [9.17, 15) is 14.0 Å². The Bertz CT molecular complexity index is 1100. The number of benzene rings is 3. The van der Waals surface area contributed by atoms with Crippen LogP contribution in [0.2, 0.25) is 5.02 Å². The van der Waals surface area contributed by atoms with E-state index in [1.54, 1.807) is 42.5 Å². The maximum Gasteiger partial charge on any atom is 0.256 e. The maximum absolute atomic E-state index is 13.6. The monoisotopic (exact) mass is 472 g/mol. The zero-order valence-corrected chi connectivity index (χ0v) is 17.4. The van der Waals surface area contributed by atoms with Gasteiger partial charge in [0.15, 0.2) is 0 Å². The topological polar surface area (TPSA) is 49.4 Å². The molecular formula is C22H15BrClFN2O2. The number of carbonyl (C=O) groups is 2. The number of nitrogens with zero attached hydrogens (tertiary/aromatic N) is 1. The first kappa shape index (κ1) is 19.6. The van der Waals surface area contributed by atoms with E-state index >= 15 is 0 Å². The van der Waals surface area contributed by atoms with Crippen LogP contribution in [0.5, 0.6) is 0 Å². The second kappa shape index (κ2) is 7.97.